The van der Waals surface area contributed by atoms with Crippen molar-refractivity contribution in [3.8, 4) is 17.3 Å². The quantitative estimate of drug-likeness (QED) is 0.701. The maximum atomic E-state index is 13.4. The van der Waals surface area contributed by atoms with E-state index in [0.29, 0.717) is 12.8 Å². The molecule has 0 radical (unpaired) electrons. The van der Waals surface area contributed by atoms with Crippen LogP contribution in [0.1, 0.15) is 43.2 Å². The summed E-state index contributed by atoms with van der Waals surface area (Å²) in [6.45, 7) is 0. The number of nitriles is 1. The minimum absolute atomic E-state index is 0.0880. The summed E-state index contributed by atoms with van der Waals surface area (Å²) in [6, 6.07) is 8.43. The third kappa shape index (κ3) is 3.91. The highest BCUT2D eigenvalue weighted by Gasteiger charge is 2.37. The lowest BCUT2D eigenvalue weighted by atomic mass is 9.99. The molecule has 0 aliphatic heterocycles. The molecule has 140 valence electrons. The van der Waals surface area contributed by atoms with Crippen LogP contribution in [0.3, 0.4) is 0 Å². The molecule has 1 fully saturated rings. The molecule has 0 bridgehead atoms. The molecular weight excluding hydrogens is 379 g/mol. The number of hydrogen-bond donors (Lipinski definition) is 0. The molecule has 4 nitrogen and oxygen atoms in total. The Morgan fingerprint density at radius 2 is 1.81 bits per heavy atom. The van der Waals surface area contributed by atoms with Gasteiger partial charge in [0.05, 0.1) is 11.3 Å². The van der Waals surface area contributed by atoms with Crippen molar-refractivity contribution < 1.29 is 13.2 Å². The smallest absolute Gasteiger partial charge is 0.266 e. The predicted octanol–water partition coefficient (Wildman–Crippen LogP) is 5.23. The van der Waals surface area contributed by atoms with Crippen molar-refractivity contribution in [3.05, 3.63) is 56.8 Å². The second-order valence-corrected chi connectivity index (χ2v) is 6.66. The number of aromatic nitrogens is 1. The zero-order valence-corrected chi connectivity index (χ0v) is 14.9. The van der Waals surface area contributed by atoms with Crippen molar-refractivity contribution in [2.24, 2.45) is 5.10 Å². The lowest BCUT2D eigenvalue weighted by molar-refractivity contribution is -0.137. The van der Waals surface area contributed by atoms with E-state index in [0.717, 1.165) is 35.7 Å². The van der Waals surface area contributed by atoms with Gasteiger partial charge in [0.25, 0.3) is 5.56 Å². The van der Waals surface area contributed by atoms with E-state index in [1.165, 1.54) is 18.2 Å². The zero-order chi connectivity index (χ0) is 19.6. The SMILES string of the molecule is N#Cc1c(C(F)(F)F)cc(-c2ccccc2Cl)n(N=C2CCCCC2)c1=O. The maximum absolute atomic E-state index is 13.4. The molecule has 1 aromatic carbocycles. The highest BCUT2D eigenvalue weighted by Crippen LogP contribution is 2.35. The van der Waals surface area contributed by atoms with Gasteiger partial charge >= 0.3 is 6.18 Å². The molecule has 27 heavy (non-hydrogen) atoms. The summed E-state index contributed by atoms with van der Waals surface area (Å²) in [5.41, 5.74) is -2.48. The number of hydrogen-bond acceptors (Lipinski definition) is 3. The second-order valence-electron chi connectivity index (χ2n) is 6.25. The molecule has 1 saturated carbocycles. The van der Waals surface area contributed by atoms with E-state index < -0.39 is 22.9 Å². The van der Waals surface area contributed by atoms with Crippen molar-refractivity contribution in [1.82, 2.24) is 4.68 Å². The Morgan fingerprint density at radius 1 is 1.15 bits per heavy atom. The zero-order valence-electron chi connectivity index (χ0n) is 14.2. The van der Waals surface area contributed by atoms with Crippen LogP contribution in [0.4, 0.5) is 13.2 Å². The van der Waals surface area contributed by atoms with Gasteiger partial charge in [0.15, 0.2) is 0 Å². The summed E-state index contributed by atoms with van der Waals surface area (Å²) in [5.74, 6) is 0. The van der Waals surface area contributed by atoms with Gasteiger partial charge in [-0.25, -0.2) is 0 Å². The van der Waals surface area contributed by atoms with E-state index in [9.17, 15) is 23.2 Å². The third-order valence-corrected chi connectivity index (χ3v) is 4.75. The molecule has 0 spiro atoms. The molecule has 1 aliphatic rings. The number of pyridine rings is 1. The summed E-state index contributed by atoms with van der Waals surface area (Å²) in [6.07, 6.45) is -0.671. The van der Waals surface area contributed by atoms with Crippen LogP contribution >= 0.6 is 11.6 Å². The first kappa shape index (κ1) is 19.2. The fraction of sp³-hybridized carbons (Fsp3) is 0.316. The predicted molar refractivity (Wildman–Crippen MR) is 96.8 cm³/mol. The third-order valence-electron chi connectivity index (χ3n) is 4.42. The van der Waals surface area contributed by atoms with Gasteiger partial charge in [-0.05, 0) is 37.8 Å². The summed E-state index contributed by atoms with van der Waals surface area (Å²) in [7, 11) is 0. The number of halogens is 4. The van der Waals surface area contributed by atoms with Crippen LogP contribution in [-0.4, -0.2) is 10.4 Å². The molecule has 1 aromatic heterocycles. The minimum atomic E-state index is -4.85. The molecule has 1 aliphatic carbocycles. The number of nitrogens with zero attached hydrogens (tertiary/aromatic N) is 3. The lowest BCUT2D eigenvalue weighted by Gasteiger charge is -2.17. The van der Waals surface area contributed by atoms with Crippen molar-refractivity contribution in [2.75, 3.05) is 0 Å². The molecule has 8 heteroatoms. The van der Waals surface area contributed by atoms with Crippen LogP contribution in [0.15, 0.2) is 40.2 Å². The first-order valence-corrected chi connectivity index (χ1v) is 8.79. The van der Waals surface area contributed by atoms with E-state index in [2.05, 4.69) is 5.10 Å². The van der Waals surface area contributed by atoms with Crippen molar-refractivity contribution in [3.63, 3.8) is 0 Å². The fourth-order valence-corrected chi connectivity index (χ4v) is 3.33. The van der Waals surface area contributed by atoms with E-state index in [1.54, 1.807) is 12.1 Å². The Kier molecular flexibility index (Phi) is 5.38. The topological polar surface area (TPSA) is 58.1 Å². The molecule has 0 atom stereocenters. The molecule has 0 amide bonds. The normalized spacial score (nSPS) is 14.7. The summed E-state index contributed by atoms with van der Waals surface area (Å²) >= 11 is 6.16. The first-order valence-electron chi connectivity index (χ1n) is 8.42. The van der Waals surface area contributed by atoms with Gasteiger partial charge in [0.2, 0.25) is 0 Å². The lowest BCUT2D eigenvalue weighted by Crippen LogP contribution is -2.27. The van der Waals surface area contributed by atoms with Crippen LogP contribution in [0.25, 0.3) is 11.3 Å². The van der Waals surface area contributed by atoms with Gasteiger partial charge in [0, 0.05) is 16.3 Å². The molecular formula is C19H15ClF3N3O. The van der Waals surface area contributed by atoms with Gasteiger partial charge in [-0.3, -0.25) is 4.79 Å². The Bertz CT molecular complexity index is 995. The van der Waals surface area contributed by atoms with Gasteiger partial charge in [-0.2, -0.15) is 28.2 Å². The minimum Gasteiger partial charge on any atom is -0.266 e. The Balaban J connectivity index is 2.35. The van der Waals surface area contributed by atoms with Gasteiger partial charge in [-0.15, -0.1) is 0 Å². The molecule has 2 aromatic rings. The van der Waals surface area contributed by atoms with Crippen LogP contribution in [0.2, 0.25) is 5.02 Å². The highest BCUT2D eigenvalue weighted by molar-refractivity contribution is 6.33. The summed E-state index contributed by atoms with van der Waals surface area (Å²) in [4.78, 5) is 12.7. The van der Waals surface area contributed by atoms with Gasteiger partial charge in [-0.1, -0.05) is 36.2 Å². The Hall–Kier alpha value is -2.59. The van der Waals surface area contributed by atoms with Crippen molar-refractivity contribution in [1.29, 1.82) is 5.26 Å². The highest BCUT2D eigenvalue weighted by atomic mass is 35.5. The largest absolute Gasteiger partial charge is 0.417 e. The monoisotopic (exact) mass is 393 g/mol. The average molecular weight is 394 g/mol. The molecule has 0 N–H and O–H groups in total. The standard InChI is InChI=1S/C19H15ClF3N3O/c20-16-9-5-4-8-13(16)17-10-15(19(21,22)23)14(11-24)18(27)26(17)25-12-6-2-1-3-7-12/h4-5,8-10H,1-3,6-7H2. The Labute approximate surface area is 158 Å². The molecule has 1 heterocycles. The van der Waals surface area contributed by atoms with Gasteiger partial charge < -0.3 is 0 Å². The van der Waals surface area contributed by atoms with E-state index in [4.69, 9.17) is 11.6 Å². The Morgan fingerprint density at radius 3 is 2.41 bits per heavy atom. The van der Waals surface area contributed by atoms with E-state index >= 15 is 0 Å². The van der Waals surface area contributed by atoms with Crippen molar-refractivity contribution in [2.45, 2.75) is 38.3 Å². The van der Waals surface area contributed by atoms with Crippen LogP contribution < -0.4 is 5.56 Å². The molecule has 0 saturated heterocycles. The molecule has 0 unspecified atom stereocenters. The van der Waals surface area contributed by atoms with Crippen LogP contribution in [0.5, 0.6) is 0 Å². The van der Waals surface area contributed by atoms with E-state index in [1.807, 2.05) is 0 Å². The van der Waals surface area contributed by atoms with Gasteiger partial charge in [0.1, 0.15) is 11.6 Å². The summed E-state index contributed by atoms with van der Waals surface area (Å²) in [5, 5.41) is 13.7. The van der Waals surface area contributed by atoms with Crippen LogP contribution in [0, 0.1) is 11.3 Å². The van der Waals surface area contributed by atoms with Crippen LogP contribution in [-0.2, 0) is 6.18 Å². The maximum Gasteiger partial charge on any atom is 0.417 e. The number of rotatable bonds is 2. The second kappa shape index (κ2) is 7.57. The van der Waals surface area contributed by atoms with Crippen molar-refractivity contribution >= 4 is 17.3 Å². The first-order chi connectivity index (χ1) is 12.8. The average Bonchev–Trinajstić information content (AvgIpc) is 2.63. The molecule has 3 rings (SSSR count). The summed E-state index contributed by atoms with van der Waals surface area (Å²) < 4.78 is 41.2. The van der Waals surface area contributed by atoms with E-state index in [-0.39, 0.29) is 16.3 Å². The fourth-order valence-electron chi connectivity index (χ4n) is 3.09. The number of benzene rings is 1. The number of alkyl halides is 3.